The van der Waals surface area contributed by atoms with E-state index in [-0.39, 0.29) is 22.3 Å². The quantitative estimate of drug-likeness (QED) is 0.257. The highest BCUT2D eigenvalue weighted by Gasteiger charge is 2.94. The zero-order chi connectivity index (χ0) is 30.6. The number of aryl methyl sites for hydroxylation is 4. The zero-order valence-corrected chi connectivity index (χ0v) is 20.1. The van der Waals surface area contributed by atoms with Crippen LogP contribution in [0.1, 0.15) is 22.3 Å². The number of hydrogen-bond acceptors (Lipinski definition) is 2. The average Bonchev–Trinajstić information content (AvgIpc) is 2.70. The smallest absolute Gasteiger partial charge is 0.428 e. The average molecular weight is 592 g/mol. The molecule has 2 rings (SSSR count). The van der Waals surface area contributed by atoms with Gasteiger partial charge in [0, 0.05) is 0 Å². The van der Waals surface area contributed by atoms with Crippen molar-refractivity contribution in [1.29, 1.82) is 0 Å². The Bertz CT molecular complexity index is 1080. The van der Waals surface area contributed by atoms with E-state index in [1.54, 1.807) is 0 Å². The molecule has 0 aliphatic carbocycles. The standard InChI is InChI=1S/C23H18F14O2/c1-11-5-12(2)8-15(7-11)38-22(34,35)20(30,31)18(26,27)17(24,25)19(28,29)21(32,33)23(36,37)39-16-9-13(3)6-14(4)10-16/h5-10H,1-4H3. The molecule has 0 spiro atoms. The fourth-order valence-electron chi connectivity index (χ4n) is 3.36. The maximum absolute atomic E-state index is 14.1. The van der Waals surface area contributed by atoms with E-state index in [9.17, 15) is 61.5 Å². The lowest BCUT2D eigenvalue weighted by Gasteiger charge is -2.41. The monoisotopic (exact) mass is 592 g/mol. The Kier molecular flexibility index (Phi) is 7.95. The van der Waals surface area contributed by atoms with Gasteiger partial charge in [0.1, 0.15) is 11.5 Å². The molecule has 0 N–H and O–H groups in total. The Balaban J connectivity index is 2.53. The van der Waals surface area contributed by atoms with Crippen LogP contribution in [-0.2, 0) is 0 Å². The van der Waals surface area contributed by atoms with Gasteiger partial charge in [-0.3, -0.25) is 0 Å². The molecule has 0 unspecified atom stereocenters. The van der Waals surface area contributed by atoms with Gasteiger partial charge in [-0.05, 0) is 74.2 Å². The van der Waals surface area contributed by atoms with Crippen LogP contribution in [0.5, 0.6) is 11.5 Å². The van der Waals surface area contributed by atoms with Crippen molar-refractivity contribution >= 4 is 0 Å². The lowest BCUT2D eigenvalue weighted by molar-refractivity contribution is -0.468. The van der Waals surface area contributed by atoms with Gasteiger partial charge in [0.05, 0.1) is 0 Å². The van der Waals surface area contributed by atoms with Crippen molar-refractivity contribution in [3.8, 4) is 11.5 Å². The van der Waals surface area contributed by atoms with E-state index in [1.165, 1.54) is 39.8 Å². The van der Waals surface area contributed by atoms with E-state index >= 15 is 0 Å². The lowest BCUT2D eigenvalue weighted by Crippen LogP contribution is -2.74. The number of alkyl halides is 14. The third-order valence-corrected chi connectivity index (χ3v) is 5.19. The first-order valence-corrected chi connectivity index (χ1v) is 10.4. The van der Waals surface area contributed by atoms with Crippen LogP contribution in [-0.4, -0.2) is 41.8 Å². The van der Waals surface area contributed by atoms with Crippen molar-refractivity contribution < 1.29 is 70.9 Å². The van der Waals surface area contributed by atoms with Gasteiger partial charge in [0.2, 0.25) is 0 Å². The largest absolute Gasteiger partial charge is 0.471 e. The fraction of sp³-hybridized carbons (Fsp3) is 0.478. The second-order valence-corrected chi connectivity index (χ2v) is 8.76. The lowest BCUT2D eigenvalue weighted by atomic mass is 9.93. The maximum Gasteiger partial charge on any atom is 0.471 e. The second-order valence-electron chi connectivity index (χ2n) is 8.76. The van der Waals surface area contributed by atoms with Gasteiger partial charge in [-0.2, -0.15) is 61.5 Å². The Morgan fingerprint density at radius 1 is 0.359 bits per heavy atom. The third kappa shape index (κ3) is 5.30. The van der Waals surface area contributed by atoms with Crippen LogP contribution in [0.4, 0.5) is 61.5 Å². The summed E-state index contributed by atoms with van der Waals surface area (Å²) in [5.41, 5.74) is 0.0497. The van der Waals surface area contributed by atoms with Crippen LogP contribution in [0, 0.1) is 27.7 Å². The topological polar surface area (TPSA) is 18.5 Å². The molecule has 2 aromatic rings. The highest BCUT2D eigenvalue weighted by Crippen LogP contribution is 2.62. The minimum Gasteiger partial charge on any atom is -0.428 e. The molecule has 2 aromatic carbocycles. The summed E-state index contributed by atoms with van der Waals surface area (Å²) in [4.78, 5) is 0. The molecule has 0 radical (unpaired) electrons. The number of halogens is 14. The molecule has 16 heteroatoms. The fourth-order valence-corrected chi connectivity index (χ4v) is 3.36. The van der Waals surface area contributed by atoms with Gasteiger partial charge in [0.15, 0.2) is 0 Å². The minimum absolute atomic E-state index is 0.0124. The van der Waals surface area contributed by atoms with Crippen molar-refractivity contribution in [3.63, 3.8) is 0 Å². The zero-order valence-electron chi connectivity index (χ0n) is 20.1. The summed E-state index contributed by atoms with van der Waals surface area (Å²) in [6.07, 6.45) is -13.5. The van der Waals surface area contributed by atoms with Crippen molar-refractivity contribution in [2.75, 3.05) is 0 Å². The molecule has 0 fully saturated rings. The Hall–Kier alpha value is -2.94. The van der Waals surface area contributed by atoms with Crippen LogP contribution in [0.25, 0.3) is 0 Å². The number of rotatable bonds is 10. The molecule has 0 bridgehead atoms. The molecule has 0 aliphatic rings. The minimum atomic E-state index is -8.24. The molecule has 39 heavy (non-hydrogen) atoms. The molecule has 0 saturated heterocycles. The number of benzene rings is 2. The number of ether oxygens (including phenoxy) is 2. The van der Waals surface area contributed by atoms with Crippen LogP contribution in [0.15, 0.2) is 36.4 Å². The van der Waals surface area contributed by atoms with Crippen LogP contribution in [0.2, 0.25) is 0 Å². The highest BCUT2D eigenvalue weighted by atomic mass is 19.4. The van der Waals surface area contributed by atoms with E-state index in [0.29, 0.717) is 24.3 Å². The van der Waals surface area contributed by atoms with E-state index < -0.39 is 53.3 Å². The highest BCUT2D eigenvalue weighted by molar-refractivity contribution is 5.34. The van der Waals surface area contributed by atoms with Gasteiger partial charge in [0.25, 0.3) is 0 Å². The molecule has 0 atom stereocenters. The molecule has 0 heterocycles. The first-order valence-electron chi connectivity index (χ1n) is 10.4. The van der Waals surface area contributed by atoms with Gasteiger partial charge in [-0.15, -0.1) is 0 Å². The van der Waals surface area contributed by atoms with Crippen molar-refractivity contribution in [2.24, 2.45) is 0 Å². The summed E-state index contributed by atoms with van der Waals surface area (Å²) >= 11 is 0. The summed E-state index contributed by atoms with van der Waals surface area (Å²) in [7, 11) is 0. The van der Waals surface area contributed by atoms with Crippen LogP contribution < -0.4 is 9.47 Å². The summed E-state index contributed by atoms with van der Waals surface area (Å²) in [5, 5.41) is 0. The summed E-state index contributed by atoms with van der Waals surface area (Å²) < 4.78 is 204. The first kappa shape index (κ1) is 32.3. The van der Waals surface area contributed by atoms with Gasteiger partial charge >= 0.3 is 41.8 Å². The van der Waals surface area contributed by atoms with Crippen LogP contribution >= 0.6 is 0 Å². The Morgan fingerprint density at radius 3 is 0.795 bits per heavy atom. The SMILES string of the molecule is Cc1cc(C)cc(OC(F)(F)C(F)(F)C(F)(F)C(F)(F)C(F)(F)C(F)(F)C(F)(F)Oc2cc(C)cc(C)c2)c1. The maximum atomic E-state index is 14.1. The molecule has 0 aliphatic heterocycles. The molecule has 2 nitrogen and oxygen atoms in total. The van der Waals surface area contributed by atoms with Gasteiger partial charge in [-0.25, -0.2) is 0 Å². The van der Waals surface area contributed by atoms with Crippen molar-refractivity contribution in [2.45, 2.75) is 69.5 Å². The predicted molar refractivity (Wildman–Crippen MR) is 108 cm³/mol. The first-order chi connectivity index (χ1) is 17.2. The van der Waals surface area contributed by atoms with E-state index in [0.717, 1.165) is 0 Å². The number of hydrogen-bond donors (Lipinski definition) is 0. The molecular formula is C23H18F14O2. The molecule has 0 amide bonds. The Labute approximate surface area is 211 Å². The summed E-state index contributed by atoms with van der Waals surface area (Å²) in [5.74, 6) is -42.4. The molecular weight excluding hydrogens is 574 g/mol. The van der Waals surface area contributed by atoms with Crippen LogP contribution in [0.3, 0.4) is 0 Å². The van der Waals surface area contributed by atoms with E-state index in [4.69, 9.17) is 0 Å². The molecule has 0 aromatic heterocycles. The predicted octanol–water partition coefficient (Wildman–Crippen LogP) is 8.74. The normalized spacial score (nSPS) is 14.4. The van der Waals surface area contributed by atoms with Gasteiger partial charge < -0.3 is 9.47 Å². The second kappa shape index (κ2) is 9.61. The Morgan fingerprint density at radius 2 is 0.564 bits per heavy atom. The van der Waals surface area contributed by atoms with E-state index in [2.05, 4.69) is 9.47 Å². The molecule has 220 valence electrons. The van der Waals surface area contributed by atoms with Crippen molar-refractivity contribution in [3.05, 3.63) is 58.7 Å². The third-order valence-electron chi connectivity index (χ3n) is 5.19. The van der Waals surface area contributed by atoms with E-state index in [1.807, 2.05) is 0 Å². The summed E-state index contributed by atoms with van der Waals surface area (Å²) in [6, 6.07) is 4.66. The van der Waals surface area contributed by atoms with Gasteiger partial charge in [-0.1, -0.05) is 12.1 Å². The summed E-state index contributed by atoms with van der Waals surface area (Å²) in [6.45, 7) is 4.73. The molecule has 0 saturated carbocycles. The van der Waals surface area contributed by atoms with Crippen molar-refractivity contribution in [1.82, 2.24) is 0 Å².